The number of fused-ring (bicyclic) bond motifs is 1. The molecule has 10 fully saturated rings. The Balaban J connectivity index is -0.0000000978. The van der Waals surface area contributed by atoms with E-state index in [1.807, 2.05) is 27.7 Å². The molecule has 0 spiro atoms. The van der Waals surface area contributed by atoms with Crippen LogP contribution in [0.2, 0.25) is 0 Å². The van der Waals surface area contributed by atoms with Gasteiger partial charge in [0.05, 0.1) is 108 Å². The SMILES string of the molecule is CC.CC.CC(C)(C)C.CC(C)(C)C(C)(C)C.CC(O)C1CO1.CC(O)C1CO1.CC([O-])C1CO1.CC([O-])C1CO1.CC([O-])C1CO1.CC([O-])C1CO1.CC1CO1.O.O.O=C=O.[CH+]1CC(C2CO2)CC2OC12.[CH2+]C[CH2+].[CH2+]C[CH2+].[Co].[Co]. The molecule has 80 heavy (non-hydrogen) atoms. The van der Waals surface area contributed by atoms with Gasteiger partial charge in [-0.25, -0.2) is 0 Å². The van der Waals surface area contributed by atoms with Crippen molar-refractivity contribution in [3.8, 4) is 0 Å². The standard InChI is InChI=1S/C8H11O2.C8H18.C5H12.2C4H8O2.4C4H7O2.C3H6O.2C3H6.2C2H6.CO2.2Co.2H2O/c1-2-6-7(10-6)3-5(1)8-4-9-8;1-7(2,3)8(4,5)6;1-5(2,3)4;6*1-3(5)4-2-6-4;1-3-2-4-3;2*1-3-2;2*1-2;2-1-3;;;;/h2,5-8H,1,3-4H2;1-6H3;1-4H3;2*3-5H,2H2,1H3;4*3-4H,2H2,1H3;3H,2H2,1H3;2*1-3H2;2*1-2H3;;;;2*1H2/q+1;;;;;4*-1;;2*+2;;;;;;;. The summed E-state index contributed by atoms with van der Waals surface area (Å²) in [6, 6.07) is 0. The van der Waals surface area contributed by atoms with Crippen molar-refractivity contribution in [1.82, 2.24) is 0 Å². The molecule has 0 bridgehead atoms. The molecule has 0 aromatic carbocycles. The molecule has 9 heterocycles. The fraction of sp³-hybridized carbons (Fsp3) is 0.898. The van der Waals surface area contributed by atoms with E-state index in [2.05, 4.69) is 129 Å². The average Bonchev–Trinajstić information content (AvgIpc) is 4.15. The molecule has 9 aliphatic heterocycles. The van der Waals surface area contributed by atoms with Crippen molar-refractivity contribution in [2.75, 3.05) is 52.9 Å². The van der Waals surface area contributed by atoms with Crippen LogP contribution in [0.15, 0.2) is 0 Å². The van der Waals surface area contributed by atoms with Crippen LogP contribution in [0.25, 0.3) is 0 Å². The monoisotopic (exact) mass is 1250 g/mol. The van der Waals surface area contributed by atoms with Crippen molar-refractivity contribution >= 4 is 6.15 Å². The summed E-state index contributed by atoms with van der Waals surface area (Å²) in [6.07, 6.45) is 6.72. The third-order valence-electron chi connectivity index (χ3n) is 10.8. The van der Waals surface area contributed by atoms with Gasteiger partial charge in [0.15, 0.2) is 0 Å². The molecule has 10 aliphatic rings. The van der Waals surface area contributed by atoms with E-state index in [9.17, 15) is 20.4 Å². The van der Waals surface area contributed by atoms with Gasteiger partial charge in [0.25, 0.3) is 0 Å². The molecule has 0 aromatic heterocycles. The quantitative estimate of drug-likeness (QED) is 0.265. The van der Waals surface area contributed by atoms with Crippen LogP contribution < -0.4 is 20.4 Å². The maximum Gasteiger partial charge on any atom is 0.373 e. The largest absolute Gasteiger partial charge is 0.850 e. The van der Waals surface area contributed by atoms with E-state index in [0.29, 0.717) is 67.1 Å². The predicted molar refractivity (Wildman–Crippen MR) is 300 cm³/mol. The Kier molecular flexibility index (Phi) is 68.6. The zero-order valence-corrected chi connectivity index (χ0v) is 55.5. The Morgan fingerprint density at radius 2 is 0.700 bits per heavy atom. The molecular formula is C59H119Co2O19+. The summed E-state index contributed by atoms with van der Waals surface area (Å²) in [6.45, 7) is 62.1. The van der Waals surface area contributed by atoms with E-state index in [-0.39, 0.29) is 99.5 Å². The Morgan fingerprint density at radius 3 is 0.787 bits per heavy atom. The summed E-state index contributed by atoms with van der Waals surface area (Å²) in [5, 5.41) is 57.8. The normalized spacial score (nSPS) is 28.1. The predicted octanol–water partition coefficient (Wildman–Crippen LogP) is 4.27. The number of rotatable bonds is 7. The van der Waals surface area contributed by atoms with Gasteiger partial charge in [0.2, 0.25) is 18.9 Å². The second kappa shape index (κ2) is 55.9. The summed E-state index contributed by atoms with van der Waals surface area (Å²) in [4.78, 5) is 16.2. The molecule has 0 aromatic rings. The third kappa shape index (κ3) is 79.1. The molecule has 1 saturated carbocycles. The smallest absolute Gasteiger partial charge is 0.373 e. The number of epoxide rings is 9. The topological polar surface area (TPSA) is 343 Å². The summed E-state index contributed by atoms with van der Waals surface area (Å²) >= 11 is 0. The molecule has 6 N–H and O–H groups in total. The third-order valence-corrected chi connectivity index (χ3v) is 10.8. The molecule has 1 aliphatic carbocycles. The first-order valence-corrected chi connectivity index (χ1v) is 27.7. The summed E-state index contributed by atoms with van der Waals surface area (Å²) < 4.78 is 43.4. The van der Waals surface area contributed by atoms with Gasteiger partial charge < -0.3 is 84.2 Å². The molecule has 0 amide bonds. The van der Waals surface area contributed by atoms with E-state index in [4.69, 9.17) is 43.5 Å². The zero-order valence-electron chi connectivity index (χ0n) is 53.4. The summed E-state index contributed by atoms with van der Waals surface area (Å²) in [5.41, 5.74) is 1.38. The van der Waals surface area contributed by atoms with Crippen molar-refractivity contribution < 1.29 is 127 Å². The van der Waals surface area contributed by atoms with Crippen molar-refractivity contribution in [3.05, 3.63) is 34.1 Å². The van der Waals surface area contributed by atoms with E-state index in [1.165, 1.54) is 12.8 Å². The van der Waals surface area contributed by atoms with Gasteiger partial charge in [-0.1, -0.05) is 125 Å². The Morgan fingerprint density at radius 1 is 0.500 bits per heavy atom. The van der Waals surface area contributed by atoms with Crippen LogP contribution >= 0.6 is 0 Å². The summed E-state index contributed by atoms with van der Waals surface area (Å²) in [5.74, 6) is 0.781. The fourth-order valence-corrected chi connectivity index (χ4v) is 3.96. The number of ether oxygens (including phenoxy) is 9. The minimum atomic E-state index is -0.509. The molecule has 2 radical (unpaired) electrons. The maximum absolute atomic E-state index is 10.2. The number of aliphatic hydroxyl groups is 2. The Hall–Kier alpha value is -0.937. The van der Waals surface area contributed by atoms with Gasteiger partial charge in [-0.2, -0.15) is 9.59 Å². The van der Waals surface area contributed by atoms with Crippen LogP contribution in [-0.4, -0.2) is 178 Å². The van der Waals surface area contributed by atoms with E-state index in [0.717, 1.165) is 45.2 Å². The molecular weight excluding hydrogens is 1130 g/mol. The minimum Gasteiger partial charge on any atom is -0.850 e. The molecule has 17 atom stereocenters. The first-order chi connectivity index (χ1) is 35.1. The molecule has 19 nitrogen and oxygen atoms in total. The first kappa shape index (κ1) is 98.1. The van der Waals surface area contributed by atoms with Crippen LogP contribution in [0.3, 0.4) is 0 Å². The van der Waals surface area contributed by atoms with E-state index >= 15 is 0 Å². The van der Waals surface area contributed by atoms with Gasteiger partial charge in [-0.05, 0) is 43.4 Å². The maximum atomic E-state index is 10.2. The Bertz CT molecular complexity index is 1130. The first-order valence-electron chi connectivity index (χ1n) is 27.7. The van der Waals surface area contributed by atoms with E-state index in [1.54, 1.807) is 41.5 Å². The molecule has 21 heteroatoms. The van der Waals surface area contributed by atoms with Crippen LogP contribution in [0.1, 0.15) is 171 Å². The van der Waals surface area contributed by atoms with Crippen molar-refractivity contribution in [2.45, 2.75) is 269 Å². The van der Waals surface area contributed by atoms with Crippen LogP contribution in [-0.2, 0) is 85.8 Å². The van der Waals surface area contributed by atoms with Crippen molar-refractivity contribution in [2.24, 2.45) is 22.2 Å². The van der Waals surface area contributed by atoms with Crippen LogP contribution in [0, 0.1) is 56.3 Å². The molecule has 17 unspecified atom stereocenters. The zero-order chi connectivity index (χ0) is 60.6. The van der Waals surface area contributed by atoms with Gasteiger partial charge in [-0.15, -0.1) is 24.4 Å². The van der Waals surface area contributed by atoms with Crippen molar-refractivity contribution in [1.29, 1.82) is 0 Å². The van der Waals surface area contributed by atoms with Crippen molar-refractivity contribution in [3.63, 3.8) is 0 Å². The minimum absolute atomic E-state index is 0. The molecule has 486 valence electrons. The van der Waals surface area contributed by atoms with Gasteiger partial charge in [0.1, 0.15) is 52.4 Å². The van der Waals surface area contributed by atoms with Gasteiger partial charge in [-0.3, -0.25) is 0 Å². The number of aliphatic hydroxyl groups excluding tert-OH is 2. The second-order valence-electron chi connectivity index (χ2n) is 22.4. The average molecular weight is 1250 g/mol. The number of carbonyl (C=O) groups excluding carboxylic acids is 2. The van der Waals surface area contributed by atoms with Crippen LogP contribution in [0.4, 0.5) is 0 Å². The molecule has 10 rings (SSSR count). The molecule has 9 saturated heterocycles. The number of hydrogen-bond acceptors (Lipinski definition) is 17. The second-order valence-corrected chi connectivity index (χ2v) is 22.4. The summed E-state index contributed by atoms with van der Waals surface area (Å²) in [7, 11) is 0. The van der Waals surface area contributed by atoms with Gasteiger partial charge >= 0.3 is 6.15 Å². The fourth-order valence-electron chi connectivity index (χ4n) is 3.96. The number of hydrogen-bond donors (Lipinski definition) is 2. The van der Waals surface area contributed by atoms with Gasteiger partial charge in [0, 0.05) is 39.5 Å². The van der Waals surface area contributed by atoms with E-state index < -0.39 is 24.4 Å². The van der Waals surface area contributed by atoms with Crippen LogP contribution in [0.5, 0.6) is 0 Å². The Labute approximate surface area is 509 Å².